The van der Waals surface area contributed by atoms with E-state index in [2.05, 4.69) is 5.32 Å². The van der Waals surface area contributed by atoms with Crippen molar-refractivity contribution in [1.29, 1.82) is 0 Å². The Morgan fingerprint density at radius 3 is 2.26 bits per heavy atom. The summed E-state index contributed by atoms with van der Waals surface area (Å²) in [6.45, 7) is 4.41. The topological polar surface area (TPSA) is 96.0 Å². The van der Waals surface area contributed by atoms with Gasteiger partial charge in [0.1, 0.15) is 11.8 Å². The number of nitrogens with one attached hydrogen (secondary N) is 1. The molecule has 2 amide bonds. The average molecular weight is 554 g/mol. The molecule has 0 bridgehead atoms. The molecular formula is C27H37F2N3O5S. The number of carbonyl (C=O) groups is 2. The number of benzene rings is 2. The fourth-order valence-corrected chi connectivity index (χ4v) is 4.95. The van der Waals surface area contributed by atoms with Gasteiger partial charge in [-0.2, -0.15) is 0 Å². The molecule has 2 aromatic carbocycles. The van der Waals surface area contributed by atoms with Crippen molar-refractivity contribution in [3.63, 3.8) is 0 Å². The van der Waals surface area contributed by atoms with Crippen molar-refractivity contribution >= 4 is 27.5 Å². The number of hydrogen-bond acceptors (Lipinski definition) is 5. The zero-order chi connectivity index (χ0) is 28.3. The number of hydrogen-bond donors (Lipinski definition) is 1. The Labute approximate surface area is 224 Å². The van der Waals surface area contributed by atoms with E-state index in [1.54, 1.807) is 19.2 Å². The SMILES string of the molecule is CCCCNC(=O)[C@@H](CC)N(Cc1ccc(OC)cc1)C(=O)CCCN(c1ccc(F)c(F)c1)S(C)(=O)=O. The van der Waals surface area contributed by atoms with Gasteiger partial charge in [0.05, 0.1) is 19.1 Å². The van der Waals surface area contributed by atoms with E-state index in [1.807, 2.05) is 26.0 Å². The van der Waals surface area contributed by atoms with Gasteiger partial charge in [-0.15, -0.1) is 0 Å². The first-order valence-electron chi connectivity index (χ1n) is 12.6. The van der Waals surface area contributed by atoms with E-state index in [9.17, 15) is 26.8 Å². The zero-order valence-electron chi connectivity index (χ0n) is 22.4. The highest BCUT2D eigenvalue weighted by Crippen LogP contribution is 2.22. The first kappa shape index (κ1) is 31.0. The number of halogens is 2. The summed E-state index contributed by atoms with van der Waals surface area (Å²) in [6, 6.07) is 9.29. The Balaban J connectivity index is 2.21. The number of carbonyl (C=O) groups excluding carboxylic acids is 2. The van der Waals surface area contributed by atoms with E-state index < -0.39 is 27.7 Å². The number of nitrogens with zero attached hydrogens (tertiary/aromatic N) is 2. The Hall–Kier alpha value is -3.21. The van der Waals surface area contributed by atoms with Gasteiger partial charge < -0.3 is 15.0 Å². The van der Waals surface area contributed by atoms with E-state index in [0.717, 1.165) is 41.1 Å². The molecule has 0 radical (unpaired) electrons. The van der Waals surface area contributed by atoms with Crippen LogP contribution in [-0.2, 0) is 26.2 Å². The summed E-state index contributed by atoms with van der Waals surface area (Å²) in [5.74, 6) is -2.17. The minimum absolute atomic E-state index is 0.0318. The summed E-state index contributed by atoms with van der Waals surface area (Å²) in [5, 5.41) is 2.89. The summed E-state index contributed by atoms with van der Waals surface area (Å²) in [5.41, 5.74) is 0.772. The molecule has 0 aromatic heterocycles. The maximum Gasteiger partial charge on any atom is 0.242 e. The molecule has 0 aliphatic rings. The molecule has 1 atom stereocenters. The second-order valence-corrected chi connectivity index (χ2v) is 10.9. The Morgan fingerprint density at radius 2 is 1.71 bits per heavy atom. The molecule has 11 heteroatoms. The molecule has 210 valence electrons. The van der Waals surface area contributed by atoms with Gasteiger partial charge in [-0.25, -0.2) is 17.2 Å². The van der Waals surface area contributed by atoms with Gasteiger partial charge in [-0.05, 0) is 49.1 Å². The predicted octanol–water partition coefficient (Wildman–Crippen LogP) is 4.24. The van der Waals surface area contributed by atoms with Gasteiger partial charge in [0, 0.05) is 32.1 Å². The second-order valence-electron chi connectivity index (χ2n) is 8.98. The third-order valence-electron chi connectivity index (χ3n) is 6.07. The van der Waals surface area contributed by atoms with Crippen LogP contribution in [0.3, 0.4) is 0 Å². The van der Waals surface area contributed by atoms with Crippen LogP contribution in [0.5, 0.6) is 5.75 Å². The smallest absolute Gasteiger partial charge is 0.242 e. The van der Waals surface area contributed by atoms with Crippen molar-refractivity contribution in [2.75, 3.05) is 30.8 Å². The highest BCUT2D eigenvalue weighted by Gasteiger charge is 2.29. The molecule has 0 fully saturated rings. The number of ether oxygens (including phenoxy) is 1. The van der Waals surface area contributed by atoms with Gasteiger partial charge in [0.15, 0.2) is 11.6 Å². The van der Waals surface area contributed by atoms with Crippen LogP contribution < -0.4 is 14.4 Å². The zero-order valence-corrected chi connectivity index (χ0v) is 23.2. The molecule has 0 unspecified atom stereocenters. The standard InChI is InChI=1S/C27H37F2N3O5S/c1-5-7-16-30-27(34)25(6-2)31(19-20-10-13-22(37-3)14-11-20)26(33)9-8-17-32(38(4,35)36)21-12-15-23(28)24(29)18-21/h10-15,18,25H,5-9,16-17,19H2,1-4H3,(H,30,34)/t25-/m1/s1. The summed E-state index contributed by atoms with van der Waals surface area (Å²) in [4.78, 5) is 27.9. The van der Waals surface area contributed by atoms with Crippen LogP contribution in [0.1, 0.15) is 51.5 Å². The fourth-order valence-electron chi connectivity index (χ4n) is 4.00. The van der Waals surface area contributed by atoms with Gasteiger partial charge in [-0.3, -0.25) is 13.9 Å². The normalized spacial score (nSPS) is 12.1. The number of rotatable bonds is 15. The molecule has 2 rings (SSSR count). The van der Waals surface area contributed by atoms with E-state index in [0.29, 0.717) is 18.7 Å². The minimum Gasteiger partial charge on any atom is -0.497 e. The van der Waals surface area contributed by atoms with Crippen molar-refractivity contribution in [2.45, 2.75) is 58.5 Å². The van der Waals surface area contributed by atoms with Crippen LogP contribution in [0.15, 0.2) is 42.5 Å². The molecule has 0 aliphatic carbocycles. The van der Waals surface area contributed by atoms with Crippen molar-refractivity contribution in [3.05, 3.63) is 59.7 Å². The Bertz CT molecular complexity index is 1180. The molecule has 0 saturated heterocycles. The number of amides is 2. The number of unbranched alkanes of at least 4 members (excludes halogenated alkanes) is 1. The lowest BCUT2D eigenvalue weighted by molar-refractivity contribution is -0.141. The van der Waals surface area contributed by atoms with Crippen molar-refractivity contribution in [3.8, 4) is 5.75 Å². The van der Waals surface area contributed by atoms with Crippen LogP contribution in [0.4, 0.5) is 14.5 Å². The maximum atomic E-state index is 13.8. The second kappa shape index (κ2) is 14.7. The van der Waals surface area contributed by atoms with Crippen molar-refractivity contribution in [1.82, 2.24) is 10.2 Å². The summed E-state index contributed by atoms with van der Waals surface area (Å²) >= 11 is 0. The average Bonchev–Trinajstić information content (AvgIpc) is 2.88. The van der Waals surface area contributed by atoms with Crippen LogP contribution in [-0.4, -0.2) is 57.6 Å². The number of anilines is 1. The highest BCUT2D eigenvalue weighted by molar-refractivity contribution is 7.92. The third kappa shape index (κ3) is 8.97. The monoisotopic (exact) mass is 553 g/mol. The number of methoxy groups -OCH3 is 1. The van der Waals surface area contributed by atoms with Gasteiger partial charge in [0.2, 0.25) is 21.8 Å². The van der Waals surface area contributed by atoms with Crippen molar-refractivity contribution < 1.29 is 31.5 Å². The Morgan fingerprint density at radius 1 is 1.03 bits per heavy atom. The van der Waals surface area contributed by atoms with Gasteiger partial charge in [-0.1, -0.05) is 32.4 Å². The van der Waals surface area contributed by atoms with E-state index >= 15 is 0 Å². The van der Waals surface area contributed by atoms with Crippen LogP contribution >= 0.6 is 0 Å². The Kier molecular flexibility index (Phi) is 12.0. The first-order chi connectivity index (χ1) is 18.0. The molecule has 0 saturated carbocycles. The van der Waals surface area contributed by atoms with Crippen LogP contribution in [0, 0.1) is 11.6 Å². The minimum atomic E-state index is -3.82. The van der Waals surface area contributed by atoms with Gasteiger partial charge >= 0.3 is 0 Å². The van der Waals surface area contributed by atoms with E-state index in [4.69, 9.17) is 4.74 Å². The van der Waals surface area contributed by atoms with Crippen LogP contribution in [0.2, 0.25) is 0 Å². The first-order valence-corrected chi connectivity index (χ1v) is 14.5. The van der Waals surface area contributed by atoms with Crippen LogP contribution in [0.25, 0.3) is 0 Å². The lowest BCUT2D eigenvalue weighted by Crippen LogP contribution is -2.49. The van der Waals surface area contributed by atoms with E-state index in [-0.39, 0.29) is 43.4 Å². The van der Waals surface area contributed by atoms with Crippen molar-refractivity contribution in [2.24, 2.45) is 0 Å². The van der Waals surface area contributed by atoms with E-state index in [1.165, 1.54) is 11.0 Å². The molecular weight excluding hydrogens is 516 g/mol. The maximum absolute atomic E-state index is 13.8. The summed E-state index contributed by atoms with van der Waals surface area (Å²) in [6.07, 6.45) is 3.15. The molecule has 38 heavy (non-hydrogen) atoms. The lowest BCUT2D eigenvalue weighted by atomic mass is 10.1. The molecule has 1 N–H and O–H groups in total. The van der Waals surface area contributed by atoms with Gasteiger partial charge in [0.25, 0.3) is 0 Å². The summed E-state index contributed by atoms with van der Waals surface area (Å²) in [7, 11) is -2.27. The third-order valence-corrected chi connectivity index (χ3v) is 7.26. The molecule has 0 heterocycles. The molecule has 8 nitrogen and oxygen atoms in total. The number of sulfonamides is 1. The summed E-state index contributed by atoms with van der Waals surface area (Å²) < 4.78 is 57.9. The molecule has 0 spiro atoms. The molecule has 2 aromatic rings. The largest absolute Gasteiger partial charge is 0.497 e. The quantitative estimate of drug-likeness (QED) is 0.333. The molecule has 0 aliphatic heterocycles. The lowest BCUT2D eigenvalue weighted by Gasteiger charge is -2.31. The highest BCUT2D eigenvalue weighted by atomic mass is 32.2. The fraction of sp³-hybridized carbons (Fsp3) is 0.481. The predicted molar refractivity (Wildman–Crippen MR) is 143 cm³/mol.